The quantitative estimate of drug-likeness (QED) is 0.0686. The number of fused-ring (bicyclic) bond motifs is 4. The third kappa shape index (κ3) is 4.17. The summed E-state index contributed by atoms with van der Waals surface area (Å²) in [5.41, 5.74) is -1.36. The van der Waals surface area contributed by atoms with Crippen molar-refractivity contribution in [1.82, 2.24) is 0 Å². The second-order valence-corrected chi connectivity index (χ2v) is 12.1. The lowest BCUT2D eigenvalue weighted by atomic mass is 9.66. The zero-order valence-electron chi connectivity index (χ0n) is 24.7. The Morgan fingerprint density at radius 3 is 1.87 bits per heavy atom. The molecule has 0 unspecified atom stereocenters. The van der Waals surface area contributed by atoms with Crippen molar-refractivity contribution < 1.29 is 39.5 Å². The highest BCUT2D eigenvalue weighted by molar-refractivity contribution is 6.00. The summed E-state index contributed by atoms with van der Waals surface area (Å²) in [5, 5.41) is 64.9. The molecular weight excluding hydrogens is 592 g/mol. The molecule has 0 fully saturated rings. The van der Waals surface area contributed by atoms with Gasteiger partial charge in [-0.3, -0.25) is 9.59 Å². The zero-order valence-corrected chi connectivity index (χ0v) is 24.7. The smallest absolute Gasteiger partial charge is 0.204 e. The maximum Gasteiger partial charge on any atom is 0.204 e. The number of para-hydroxylation sites is 2. The van der Waals surface area contributed by atoms with Crippen LogP contribution >= 0.6 is 0 Å². The summed E-state index contributed by atoms with van der Waals surface area (Å²) in [5.74, 6) is -2.76. The van der Waals surface area contributed by atoms with Crippen LogP contribution < -0.4 is 10.9 Å². The minimum Gasteiger partial charge on any atom is -0.507 e. The van der Waals surface area contributed by atoms with Gasteiger partial charge in [-0.25, -0.2) is 0 Å². The summed E-state index contributed by atoms with van der Waals surface area (Å²) < 4.78 is 11.6. The maximum absolute atomic E-state index is 13.3. The zero-order chi connectivity index (χ0) is 32.7. The third-order valence-electron chi connectivity index (χ3n) is 9.07. The lowest BCUT2D eigenvalue weighted by Gasteiger charge is -2.38. The number of aromatic hydroxyl groups is 6. The number of hydrogen-bond donors (Lipinski definition) is 6. The average Bonchev–Trinajstić information content (AvgIpc) is 3.02. The lowest BCUT2D eigenvalue weighted by Crippen LogP contribution is -2.26. The summed E-state index contributed by atoms with van der Waals surface area (Å²) in [7, 11) is 0. The molecule has 0 saturated carbocycles. The number of hydrogen-bond acceptors (Lipinski definition) is 10. The van der Waals surface area contributed by atoms with Crippen LogP contribution in [0.2, 0.25) is 0 Å². The molecule has 0 saturated heterocycles. The molecule has 2 aromatic heterocycles. The van der Waals surface area contributed by atoms with E-state index < -0.39 is 39.4 Å². The molecular formula is C36H28O10. The number of benzene rings is 4. The molecule has 1 aliphatic rings. The molecule has 1 aliphatic carbocycles. The molecule has 7 rings (SSSR count). The molecule has 6 N–H and O–H groups in total. The molecule has 10 nitrogen and oxygen atoms in total. The molecule has 10 heteroatoms. The van der Waals surface area contributed by atoms with Gasteiger partial charge < -0.3 is 39.5 Å². The molecule has 6 aromatic rings. The Balaban J connectivity index is 1.39. The van der Waals surface area contributed by atoms with E-state index >= 15 is 0 Å². The Morgan fingerprint density at radius 2 is 1.28 bits per heavy atom. The summed E-state index contributed by atoms with van der Waals surface area (Å²) in [6.45, 7) is 3.86. The van der Waals surface area contributed by atoms with Crippen LogP contribution in [0.15, 0.2) is 84.7 Å². The van der Waals surface area contributed by atoms with Gasteiger partial charge in [0.2, 0.25) is 10.9 Å². The van der Waals surface area contributed by atoms with Crippen LogP contribution in [0.4, 0.5) is 0 Å². The minimum atomic E-state index is -0.754. The fraction of sp³-hybridized carbons (Fsp3) is 0.167. The maximum atomic E-state index is 13.3. The van der Waals surface area contributed by atoms with E-state index in [1.807, 2.05) is 19.9 Å². The van der Waals surface area contributed by atoms with E-state index in [1.165, 1.54) is 48.5 Å². The third-order valence-corrected chi connectivity index (χ3v) is 9.07. The van der Waals surface area contributed by atoms with Gasteiger partial charge in [0.1, 0.15) is 22.3 Å². The SMILES string of the molecule is CC1=C[C@H](c2cc(O)c3c(=O)c4cccc(O)c4oc3c2O)[C@@](C)(C=Cc2cc(O)c3c(=O)c4cccc(O)c4oc3c2O)CC1. The van der Waals surface area contributed by atoms with Gasteiger partial charge in [0, 0.05) is 17.0 Å². The second kappa shape index (κ2) is 10.1. The van der Waals surface area contributed by atoms with Crippen molar-refractivity contribution in [3.05, 3.63) is 97.8 Å². The highest BCUT2D eigenvalue weighted by Crippen LogP contribution is 2.52. The number of phenols is 6. The van der Waals surface area contributed by atoms with Crippen LogP contribution in [0.25, 0.3) is 50.0 Å². The molecule has 0 bridgehead atoms. The van der Waals surface area contributed by atoms with Gasteiger partial charge in [0.15, 0.2) is 45.3 Å². The predicted octanol–water partition coefficient (Wildman–Crippen LogP) is 6.98. The Morgan fingerprint density at radius 1 is 0.739 bits per heavy atom. The first kappa shape index (κ1) is 28.8. The van der Waals surface area contributed by atoms with Crippen molar-refractivity contribution in [2.45, 2.75) is 32.6 Å². The number of phenolic OH excluding ortho intramolecular Hbond substituents is 6. The molecule has 46 heavy (non-hydrogen) atoms. The Hall–Kier alpha value is -5.90. The first-order chi connectivity index (χ1) is 21.9. The Kier molecular flexibility index (Phi) is 6.31. The van der Waals surface area contributed by atoms with E-state index in [0.717, 1.165) is 5.57 Å². The summed E-state index contributed by atoms with van der Waals surface area (Å²) >= 11 is 0. The van der Waals surface area contributed by atoms with Gasteiger partial charge in [-0.2, -0.15) is 0 Å². The molecule has 4 aromatic carbocycles. The predicted molar refractivity (Wildman–Crippen MR) is 173 cm³/mol. The number of allylic oxidation sites excluding steroid dienone is 3. The molecule has 0 spiro atoms. The lowest BCUT2D eigenvalue weighted by molar-refractivity contribution is 0.325. The summed E-state index contributed by atoms with van der Waals surface area (Å²) in [4.78, 5) is 26.4. The van der Waals surface area contributed by atoms with Crippen molar-refractivity contribution in [3.8, 4) is 34.5 Å². The molecule has 0 amide bonds. The largest absolute Gasteiger partial charge is 0.507 e. The van der Waals surface area contributed by atoms with E-state index in [-0.39, 0.29) is 72.3 Å². The van der Waals surface area contributed by atoms with E-state index in [1.54, 1.807) is 12.2 Å². The first-order valence-electron chi connectivity index (χ1n) is 14.5. The molecule has 2 atom stereocenters. The fourth-order valence-corrected chi connectivity index (χ4v) is 6.50. The van der Waals surface area contributed by atoms with Gasteiger partial charge in [0.25, 0.3) is 0 Å². The fourth-order valence-electron chi connectivity index (χ4n) is 6.50. The van der Waals surface area contributed by atoms with Crippen LogP contribution in [-0.4, -0.2) is 30.6 Å². The van der Waals surface area contributed by atoms with Crippen LogP contribution in [-0.2, 0) is 0 Å². The van der Waals surface area contributed by atoms with E-state index in [9.17, 15) is 40.2 Å². The molecule has 232 valence electrons. The average molecular weight is 621 g/mol. The van der Waals surface area contributed by atoms with Crippen molar-refractivity contribution in [3.63, 3.8) is 0 Å². The van der Waals surface area contributed by atoms with Crippen LogP contribution in [0.3, 0.4) is 0 Å². The molecule has 2 heterocycles. The monoisotopic (exact) mass is 620 g/mol. The Labute approximate surface area is 259 Å². The van der Waals surface area contributed by atoms with Crippen LogP contribution in [0.1, 0.15) is 43.7 Å². The van der Waals surface area contributed by atoms with E-state index in [0.29, 0.717) is 12.8 Å². The summed E-state index contributed by atoms with van der Waals surface area (Å²) in [6, 6.07) is 11.1. The minimum absolute atomic E-state index is 0.0442. The van der Waals surface area contributed by atoms with Crippen molar-refractivity contribution >= 4 is 50.0 Å². The van der Waals surface area contributed by atoms with Gasteiger partial charge >= 0.3 is 0 Å². The first-order valence-corrected chi connectivity index (χ1v) is 14.5. The van der Waals surface area contributed by atoms with E-state index in [4.69, 9.17) is 8.83 Å². The summed E-state index contributed by atoms with van der Waals surface area (Å²) in [6.07, 6.45) is 6.57. The molecule has 0 radical (unpaired) electrons. The second-order valence-electron chi connectivity index (χ2n) is 12.1. The topological polar surface area (TPSA) is 182 Å². The van der Waals surface area contributed by atoms with Crippen molar-refractivity contribution in [2.24, 2.45) is 5.41 Å². The van der Waals surface area contributed by atoms with Gasteiger partial charge in [-0.05, 0) is 61.6 Å². The van der Waals surface area contributed by atoms with Gasteiger partial charge in [-0.1, -0.05) is 42.9 Å². The van der Waals surface area contributed by atoms with Crippen LogP contribution in [0.5, 0.6) is 34.5 Å². The van der Waals surface area contributed by atoms with Crippen LogP contribution in [0, 0.1) is 5.41 Å². The standard InChI is InChI=1S/C36H28O10/c1-16-9-11-36(2,12-10-17-14-24(39)26-29(42)18-5-3-7-22(37)32(18)45-34(26)28(17)41)21(13-16)20-15-25(40)27-30(43)19-6-4-8-23(38)33(19)46-35(27)31(20)44/h3-8,10,12-15,21,37-41,44H,9,11H2,1-2H3/t21-,36-/m1/s1. The highest BCUT2D eigenvalue weighted by atomic mass is 16.4. The van der Waals surface area contributed by atoms with E-state index in [2.05, 4.69) is 0 Å². The normalized spacial score (nSPS) is 18.7. The van der Waals surface area contributed by atoms with Gasteiger partial charge in [0.05, 0.1) is 10.8 Å². The number of rotatable bonds is 3. The Bertz CT molecular complexity index is 2470. The molecule has 0 aliphatic heterocycles. The van der Waals surface area contributed by atoms with Gasteiger partial charge in [-0.15, -0.1) is 0 Å². The van der Waals surface area contributed by atoms with Crippen molar-refractivity contribution in [1.29, 1.82) is 0 Å². The van der Waals surface area contributed by atoms with Crippen molar-refractivity contribution in [2.75, 3.05) is 0 Å². The highest BCUT2D eigenvalue weighted by Gasteiger charge is 2.37.